The summed E-state index contributed by atoms with van der Waals surface area (Å²) >= 11 is 0. The number of methoxy groups -OCH3 is 1. The smallest absolute Gasteiger partial charge is 0.269 e. The van der Waals surface area contributed by atoms with Gasteiger partial charge in [-0.25, -0.2) is 0 Å². The number of benzene rings is 2. The van der Waals surface area contributed by atoms with Gasteiger partial charge in [0, 0.05) is 50.4 Å². The Balaban J connectivity index is 1.53. The average Bonchev–Trinajstić information content (AvgIpc) is 2.69. The molecular formula is C19H21N3O4. The lowest BCUT2D eigenvalue weighted by atomic mass is 10.1. The maximum Gasteiger partial charge on any atom is 0.269 e. The minimum absolute atomic E-state index is 0.00846. The lowest BCUT2D eigenvalue weighted by molar-refractivity contribution is -0.384. The molecule has 2 aromatic carbocycles. The molecule has 0 radical (unpaired) electrons. The molecule has 0 N–H and O–H groups in total. The van der Waals surface area contributed by atoms with Crippen LogP contribution in [0.4, 0.5) is 5.69 Å². The molecule has 26 heavy (non-hydrogen) atoms. The Morgan fingerprint density at radius 3 is 2.19 bits per heavy atom. The molecule has 0 bridgehead atoms. The minimum Gasteiger partial charge on any atom is -0.497 e. The number of hydrogen-bond donors (Lipinski definition) is 0. The second-order valence-electron chi connectivity index (χ2n) is 6.22. The van der Waals surface area contributed by atoms with Crippen molar-refractivity contribution in [3.63, 3.8) is 0 Å². The van der Waals surface area contributed by atoms with Crippen molar-refractivity contribution in [2.24, 2.45) is 0 Å². The standard InChI is InChI=1S/C19H21N3O4/c1-26-18-8-2-15(3-9-18)14-20-10-12-21(13-11-20)19(23)16-4-6-17(7-5-16)22(24)25/h2-9H,10-14H2,1H3. The third-order valence-corrected chi connectivity index (χ3v) is 4.55. The molecule has 2 aromatic rings. The number of carbonyl (C=O) groups is 1. The third-order valence-electron chi connectivity index (χ3n) is 4.55. The number of non-ortho nitro benzene ring substituents is 1. The monoisotopic (exact) mass is 355 g/mol. The van der Waals surface area contributed by atoms with E-state index < -0.39 is 4.92 Å². The quantitative estimate of drug-likeness (QED) is 0.609. The molecule has 0 spiro atoms. The first-order valence-corrected chi connectivity index (χ1v) is 8.46. The van der Waals surface area contributed by atoms with Gasteiger partial charge in [-0.05, 0) is 29.8 Å². The van der Waals surface area contributed by atoms with Crippen molar-refractivity contribution in [1.82, 2.24) is 9.80 Å². The van der Waals surface area contributed by atoms with Crippen molar-refractivity contribution in [3.8, 4) is 5.75 Å². The highest BCUT2D eigenvalue weighted by Crippen LogP contribution is 2.17. The summed E-state index contributed by atoms with van der Waals surface area (Å²) in [5.74, 6) is 0.760. The highest BCUT2D eigenvalue weighted by atomic mass is 16.6. The van der Waals surface area contributed by atoms with Crippen molar-refractivity contribution in [1.29, 1.82) is 0 Å². The van der Waals surface area contributed by atoms with Crippen LogP contribution in [0.15, 0.2) is 48.5 Å². The SMILES string of the molecule is COc1ccc(CN2CCN(C(=O)c3ccc([N+](=O)[O-])cc3)CC2)cc1. The van der Waals surface area contributed by atoms with E-state index in [-0.39, 0.29) is 11.6 Å². The summed E-state index contributed by atoms with van der Waals surface area (Å²) in [6.07, 6.45) is 0. The number of nitro benzene ring substituents is 1. The number of hydrogen-bond acceptors (Lipinski definition) is 5. The van der Waals surface area contributed by atoms with Crippen LogP contribution in [0.2, 0.25) is 0 Å². The first kappa shape index (κ1) is 17.9. The van der Waals surface area contributed by atoms with Gasteiger partial charge in [-0.2, -0.15) is 0 Å². The number of ether oxygens (including phenoxy) is 1. The molecule has 7 heteroatoms. The summed E-state index contributed by atoms with van der Waals surface area (Å²) in [5, 5.41) is 10.7. The predicted molar refractivity (Wildman–Crippen MR) is 97.3 cm³/mol. The van der Waals surface area contributed by atoms with E-state index in [1.807, 2.05) is 24.3 Å². The lowest BCUT2D eigenvalue weighted by Gasteiger charge is -2.34. The Morgan fingerprint density at radius 1 is 1.04 bits per heavy atom. The topological polar surface area (TPSA) is 75.9 Å². The molecule has 0 unspecified atom stereocenters. The molecule has 1 aliphatic heterocycles. The van der Waals surface area contributed by atoms with Crippen molar-refractivity contribution in [3.05, 3.63) is 69.8 Å². The van der Waals surface area contributed by atoms with Gasteiger partial charge < -0.3 is 9.64 Å². The van der Waals surface area contributed by atoms with Gasteiger partial charge in [0.1, 0.15) is 5.75 Å². The molecule has 0 aromatic heterocycles. The van der Waals surface area contributed by atoms with E-state index in [9.17, 15) is 14.9 Å². The molecule has 7 nitrogen and oxygen atoms in total. The molecule has 1 aliphatic rings. The van der Waals surface area contributed by atoms with Crippen LogP contribution in [0, 0.1) is 10.1 Å². The molecule has 136 valence electrons. The summed E-state index contributed by atoms with van der Waals surface area (Å²) in [5.41, 5.74) is 1.69. The Kier molecular flexibility index (Phi) is 5.48. The summed E-state index contributed by atoms with van der Waals surface area (Å²) in [6, 6.07) is 13.8. The largest absolute Gasteiger partial charge is 0.497 e. The molecule has 1 saturated heterocycles. The van der Waals surface area contributed by atoms with Gasteiger partial charge in [-0.3, -0.25) is 19.8 Å². The van der Waals surface area contributed by atoms with Gasteiger partial charge in [-0.1, -0.05) is 12.1 Å². The highest BCUT2D eigenvalue weighted by Gasteiger charge is 2.22. The Bertz CT molecular complexity index is 766. The van der Waals surface area contributed by atoms with Gasteiger partial charge >= 0.3 is 0 Å². The number of amides is 1. The van der Waals surface area contributed by atoms with Crippen LogP contribution >= 0.6 is 0 Å². The zero-order valence-electron chi connectivity index (χ0n) is 14.6. The first-order chi connectivity index (χ1) is 12.6. The normalized spacial score (nSPS) is 14.9. The van der Waals surface area contributed by atoms with Crippen molar-refractivity contribution >= 4 is 11.6 Å². The fourth-order valence-corrected chi connectivity index (χ4v) is 3.01. The van der Waals surface area contributed by atoms with Crippen LogP contribution < -0.4 is 4.74 Å². The number of nitro groups is 1. The van der Waals surface area contributed by atoms with E-state index in [0.29, 0.717) is 18.7 Å². The molecular weight excluding hydrogens is 334 g/mol. The van der Waals surface area contributed by atoms with Crippen molar-refractivity contribution in [2.45, 2.75) is 6.54 Å². The maximum absolute atomic E-state index is 12.5. The van der Waals surface area contributed by atoms with Crippen LogP contribution in [0.5, 0.6) is 5.75 Å². The van der Waals surface area contributed by atoms with E-state index in [1.54, 1.807) is 12.0 Å². The van der Waals surface area contributed by atoms with Crippen LogP contribution in [-0.4, -0.2) is 53.9 Å². The molecule has 0 saturated carbocycles. The van der Waals surface area contributed by atoms with Gasteiger partial charge in [0.15, 0.2) is 0 Å². The second kappa shape index (κ2) is 7.97. The fraction of sp³-hybridized carbons (Fsp3) is 0.316. The third kappa shape index (κ3) is 4.18. The first-order valence-electron chi connectivity index (χ1n) is 8.46. The maximum atomic E-state index is 12.5. The van der Waals surface area contributed by atoms with E-state index in [2.05, 4.69) is 4.90 Å². The highest BCUT2D eigenvalue weighted by molar-refractivity contribution is 5.94. The summed E-state index contributed by atoms with van der Waals surface area (Å²) in [6.45, 7) is 3.72. The van der Waals surface area contributed by atoms with E-state index >= 15 is 0 Å². The Hall–Kier alpha value is -2.93. The Labute approximate surface area is 151 Å². The Morgan fingerprint density at radius 2 is 1.65 bits per heavy atom. The van der Waals surface area contributed by atoms with Crippen LogP contribution in [0.25, 0.3) is 0 Å². The fourth-order valence-electron chi connectivity index (χ4n) is 3.01. The molecule has 0 aliphatic carbocycles. The van der Waals surface area contributed by atoms with Crippen molar-refractivity contribution in [2.75, 3.05) is 33.3 Å². The zero-order valence-corrected chi connectivity index (χ0v) is 14.6. The van der Waals surface area contributed by atoms with Gasteiger partial charge in [0.05, 0.1) is 12.0 Å². The van der Waals surface area contributed by atoms with Crippen LogP contribution in [0.3, 0.4) is 0 Å². The number of carbonyl (C=O) groups excluding carboxylic acids is 1. The summed E-state index contributed by atoms with van der Waals surface area (Å²) in [4.78, 5) is 26.9. The summed E-state index contributed by atoms with van der Waals surface area (Å²) in [7, 11) is 1.65. The molecule has 0 atom stereocenters. The van der Waals surface area contributed by atoms with E-state index in [1.165, 1.54) is 29.8 Å². The zero-order chi connectivity index (χ0) is 18.5. The van der Waals surface area contributed by atoms with E-state index in [4.69, 9.17) is 4.74 Å². The summed E-state index contributed by atoms with van der Waals surface area (Å²) < 4.78 is 5.17. The van der Waals surface area contributed by atoms with E-state index in [0.717, 1.165) is 25.4 Å². The second-order valence-corrected chi connectivity index (χ2v) is 6.22. The average molecular weight is 355 g/mol. The lowest BCUT2D eigenvalue weighted by Crippen LogP contribution is -2.48. The molecule has 3 rings (SSSR count). The number of rotatable bonds is 5. The van der Waals surface area contributed by atoms with Crippen molar-refractivity contribution < 1.29 is 14.5 Å². The van der Waals surface area contributed by atoms with Crippen LogP contribution in [-0.2, 0) is 6.54 Å². The molecule has 1 fully saturated rings. The van der Waals surface area contributed by atoms with Gasteiger partial charge in [-0.15, -0.1) is 0 Å². The molecule has 1 heterocycles. The van der Waals surface area contributed by atoms with Crippen LogP contribution in [0.1, 0.15) is 15.9 Å². The number of nitrogens with zero attached hydrogens (tertiary/aromatic N) is 3. The predicted octanol–water partition coefficient (Wildman–Crippen LogP) is 2.56. The van der Waals surface area contributed by atoms with Gasteiger partial charge in [0.2, 0.25) is 0 Å². The molecule has 1 amide bonds. The van der Waals surface area contributed by atoms with Gasteiger partial charge in [0.25, 0.3) is 11.6 Å². The minimum atomic E-state index is -0.466. The number of piperazine rings is 1.